The number of hydrogen-bond donors (Lipinski definition) is 2. The maximum Gasteiger partial charge on any atom is 0.0820 e. The van der Waals surface area contributed by atoms with Gasteiger partial charge in [0, 0.05) is 5.92 Å². The van der Waals surface area contributed by atoms with Crippen molar-refractivity contribution < 1.29 is 0 Å². The van der Waals surface area contributed by atoms with E-state index in [-0.39, 0.29) is 5.41 Å². The van der Waals surface area contributed by atoms with Crippen LogP contribution in [-0.2, 0) is 6.42 Å². The zero-order valence-corrected chi connectivity index (χ0v) is 8.31. The van der Waals surface area contributed by atoms with Gasteiger partial charge in [0.1, 0.15) is 0 Å². The van der Waals surface area contributed by atoms with E-state index in [1.54, 1.807) is 0 Å². The molecule has 3 nitrogen and oxygen atoms in total. The molecule has 2 N–H and O–H groups in total. The Bertz CT molecular complexity index is 349. The van der Waals surface area contributed by atoms with Gasteiger partial charge in [-0.1, -0.05) is 20.8 Å². The van der Waals surface area contributed by atoms with Crippen LogP contribution in [0.25, 0.3) is 0 Å². The maximum absolute atomic E-state index is 7.98. The lowest BCUT2D eigenvalue weighted by atomic mass is 9.68. The van der Waals surface area contributed by atoms with Gasteiger partial charge >= 0.3 is 0 Å². The number of hydrogen-bond acceptors (Lipinski definition) is 2. The third-order valence-corrected chi connectivity index (χ3v) is 3.24. The molecule has 0 fully saturated rings. The van der Waals surface area contributed by atoms with Crippen molar-refractivity contribution in [3.05, 3.63) is 17.5 Å². The minimum absolute atomic E-state index is 0.188. The Morgan fingerprint density at radius 2 is 2.31 bits per heavy atom. The first-order valence-electron chi connectivity index (χ1n) is 4.63. The van der Waals surface area contributed by atoms with Crippen molar-refractivity contribution in [2.75, 3.05) is 0 Å². The van der Waals surface area contributed by atoms with Crippen LogP contribution in [0.2, 0.25) is 0 Å². The van der Waals surface area contributed by atoms with E-state index in [9.17, 15) is 0 Å². The molecule has 0 amide bonds. The lowest BCUT2D eigenvalue weighted by Crippen LogP contribution is -2.35. The van der Waals surface area contributed by atoms with Crippen molar-refractivity contribution in [3.8, 4) is 0 Å². The summed E-state index contributed by atoms with van der Waals surface area (Å²) >= 11 is 0. The van der Waals surface area contributed by atoms with E-state index in [4.69, 9.17) is 5.41 Å². The highest BCUT2D eigenvalue weighted by Crippen LogP contribution is 2.38. The summed E-state index contributed by atoms with van der Waals surface area (Å²) in [7, 11) is 0. The van der Waals surface area contributed by atoms with E-state index in [1.807, 2.05) is 6.20 Å². The molecule has 2 rings (SSSR count). The summed E-state index contributed by atoms with van der Waals surface area (Å²) in [6.45, 7) is 6.54. The molecule has 1 aromatic heterocycles. The second-order valence-corrected chi connectivity index (χ2v) is 4.57. The average molecular weight is 177 g/mol. The highest BCUT2D eigenvalue weighted by atomic mass is 15.1. The SMILES string of the molecule is CC1C(=N)c2[nH]ncc2CC1(C)C. The van der Waals surface area contributed by atoms with Crippen molar-refractivity contribution in [2.45, 2.75) is 27.2 Å². The van der Waals surface area contributed by atoms with Crippen molar-refractivity contribution in [2.24, 2.45) is 11.3 Å². The minimum Gasteiger partial charge on any atom is -0.303 e. The molecule has 13 heavy (non-hydrogen) atoms. The summed E-state index contributed by atoms with van der Waals surface area (Å²) in [5.41, 5.74) is 3.01. The lowest BCUT2D eigenvalue weighted by Gasteiger charge is -2.36. The highest BCUT2D eigenvalue weighted by Gasteiger charge is 2.36. The van der Waals surface area contributed by atoms with E-state index >= 15 is 0 Å². The molecule has 1 heterocycles. The van der Waals surface area contributed by atoms with Gasteiger partial charge < -0.3 is 5.41 Å². The molecular weight excluding hydrogens is 162 g/mol. The standard InChI is InChI=1S/C10H15N3/c1-6-8(11)9-7(5-12-13-9)4-10(6,2)3/h5-6,11H,4H2,1-3H3,(H,12,13). The van der Waals surface area contributed by atoms with Crippen LogP contribution in [0.4, 0.5) is 0 Å². The number of nitrogens with one attached hydrogen (secondary N) is 2. The highest BCUT2D eigenvalue weighted by molar-refractivity contribution is 6.00. The second kappa shape index (κ2) is 2.44. The van der Waals surface area contributed by atoms with Gasteiger partial charge in [-0.05, 0) is 17.4 Å². The molecular formula is C10H15N3. The van der Waals surface area contributed by atoms with E-state index in [1.165, 1.54) is 5.56 Å². The molecule has 0 radical (unpaired) electrons. The molecule has 0 aromatic carbocycles. The van der Waals surface area contributed by atoms with Crippen LogP contribution in [-0.4, -0.2) is 15.9 Å². The molecule has 1 atom stereocenters. The van der Waals surface area contributed by atoms with Crippen LogP contribution >= 0.6 is 0 Å². The third kappa shape index (κ3) is 1.10. The molecule has 0 aliphatic heterocycles. The number of fused-ring (bicyclic) bond motifs is 1. The van der Waals surface area contributed by atoms with Crippen LogP contribution in [0.3, 0.4) is 0 Å². The predicted molar refractivity (Wildman–Crippen MR) is 52.1 cm³/mol. The Kier molecular flexibility index (Phi) is 1.59. The van der Waals surface area contributed by atoms with Crippen LogP contribution in [0.5, 0.6) is 0 Å². The molecule has 70 valence electrons. The van der Waals surface area contributed by atoms with Gasteiger partial charge in [-0.15, -0.1) is 0 Å². The molecule has 1 unspecified atom stereocenters. The fourth-order valence-corrected chi connectivity index (χ4v) is 1.93. The van der Waals surface area contributed by atoms with Crippen LogP contribution < -0.4 is 0 Å². The Balaban J connectivity index is 2.51. The number of rotatable bonds is 0. The van der Waals surface area contributed by atoms with Crippen molar-refractivity contribution in [1.82, 2.24) is 10.2 Å². The minimum atomic E-state index is 0.188. The molecule has 1 aliphatic rings. The van der Waals surface area contributed by atoms with Crippen molar-refractivity contribution >= 4 is 5.71 Å². The summed E-state index contributed by atoms with van der Waals surface area (Å²) in [5.74, 6) is 0.306. The van der Waals surface area contributed by atoms with E-state index < -0.39 is 0 Å². The fourth-order valence-electron chi connectivity index (χ4n) is 1.93. The van der Waals surface area contributed by atoms with Gasteiger partial charge in [0.25, 0.3) is 0 Å². The van der Waals surface area contributed by atoms with Crippen LogP contribution in [0.15, 0.2) is 6.20 Å². The van der Waals surface area contributed by atoms with E-state index in [0.717, 1.165) is 12.1 Å². The number of nitrogens with zero attached hydrogens (tertiary/aromatic N) is 1. The Hall–Kier alpha value is -1.12. The summed E-state index contributed by atoms with van der Waals surface area (Å²) in [5, 5.41) is 14.9. The zero-order chi connectivity index (χ0) is 9.64. The number of aromatic nitrogens is 2. The molecule has 0 spiro atoms. The monoisotopic (exact) mass is 177 g/mol. The first-order valence-corrected chi connectivity index (χ1v) is 4.63. The van der Waals surface area contributed by atoms with Gasteiger partial charge in [-0.3, -0.25) is 5.10 Å². The van der Waals surface area contributed by atoms with Gasteiger partial charge in [0.05, 0.1) is 17.6 Å². The quantitative estimate of drug-likeness (QED) is 0.625. The Morgan fingerprint density at radius 3 is 3.00 bits per heavy atom. The number of aromatic amines is 1. The van der Waals surface area contributed by atoms with Gasteiger partial charge in [-0.2, -0.15) is 5.10 Å². The molecule has 0 bridgehead atoms. The summed E-state index contributed by atoms with van der Waals surface area (Å²) < 4.78 is 0. The van der Waals surface area contributed by atoms with Crippen molar-refractivity contribution in [1.29, 1.82) is 5.41 Å². The molecule has 0 saturated carbocycles. The molecule has 1 aromatic rings. The van der Waals surface area contributed by atoms with E-state index in [0.29, 0.717) is 11.6 Å². The zero-order valence-electron chi connectivity index (χ0n) is 8.31. The fraction of sp³-hybridized carbons (Fsp3) is 0.600. The second-order valence-electron chi connectivity index (χ2n) is 4.57. The van der Waals surface area contributed by atoms with Gasteiger partial charge in [0.2, 0.25) is 0 Å². The summed E-state index contributed by atoms with van der Waals surface area (Å²) in [6.07, 6.45) is 2.86. The van der Waals surface area contributed by atoms with E-state index in [2.05, 4.69) is 31.0 Å². The smallest absolute Gasteiger partial charge is 0.0820 e. The summed E-state index contributed by atoms with van der Waals surface area (Å²) in [6, 6.07) is 0. The third-order valence-electron chi connectivity index (χ3n) is 3.24. The Labute approximate surface area is 78.1 Å². The molecule has 3 heteroatoms. The number of H-pyrrole nitrogens is 1. The first-order chi connectivity index (χ1) is 6.02. The lowest BCUT2D eigenvalue weighted by molar-refractivity contribution is 0.283. The van der Waals surface area contributed by atoms with Crippen LogP contribution in [0, 0.1) is 16.7 Å². The largest absolute Gasteiger partial charge is 0.303 e. The molecule has 1 aliphatic carbocycles. The Morgan fingerprint density at radius 1 is 1.62 bits per heavy atom. The topological polar surface area (TPSA) is 52.5 Å². The molecule has 0 saturated heterocycles. The van der Waals surface area contributed by atoms with Crippen LogP contribution in [0.1, 0.15) is 32.0 Å². The van der Waals surface area contributed by atoms with Gasteiger partial charge in [-0.25, -0.2) is 0 Å². The normalized spacial score (nSPS) is 25.8. The van der Waals surface area contributed by atoms with Crippen molar-refractivity contribution in [3.63, 3.8) is 0 Å². The predicted octanol–water partition coefficient (Wildman–Crippen LogP) is 2.00. The summed E-state index contributed by atoms with van der Waals surface area (Å²) in [4.78, 5) is 0. The van der Waals surface area contributed by atoms with Gasteiger partial charge in [0.15, 0.2) is 0 Å². The first kappa shape index (κ1) is 8.48. The maximum atomic E-state index is 7.98. The average Bonchev–Trinajstić information content (AvgIpc) is 2.47.